The molecule has 25 heavy (non-hydrogen) atoms. The van der Waals surface area contributed by atoms with Crippen molar-refractivity contribution in [3.05, 3.63) is 63.7 Å². The van der Waals surface area contributed by atoms with Crippen LogP contribution < -0.4 is 14.9 Å². The largest absolute Gasteiger partial charge is 0.497 e. The summed E-state index contributed by atoms with van der Waals surface area (Å²) >= 11 is 0. The van der Waals surface area contributed by atoms with Crippen LogP contribution in [0.5, 0.6) is 11.5 Å². The molecule has 0 radical (unpaired) electrons. The number of amides is 1. The van der Waals surface area contributed by atoms with Crippen LogP contribution >= 0.6 is 0 Å². The maximum Gasteiger partial charge on any atom is 0.275 e. The number of nitrogens with one attached hydrogen (secondary N) is 1. The zero-order valence-electron chi connectivity index (χ0n) is 14.0. The van der Waals surface area contributed by atoms with Crippen LogP contribution in [-0.4, -0.2) is 30.8 Å². The second kappa shape index (κ2) is 7.91. The van der Waals surface area contributed by atoms with Crippen molar-refractivity contribution >= 4 is 17.3 Å². The third-order valence-electron chi connectivity index (χ3n) is 3.45. The summed E-state index contributed by atoms with van der Waals surface area (Å²) in [6.45, 7) is 1.64. The molecule has 2 aromatic rings. The molecule has 0 saturated carbocycles. The van der Waals surface area contributed by atoms with Crippen LogP contribution in [0.15, 0.2) is 47.6 Å². The van der Waals surface area contributed by atoms with Gasteiger partial charge in [0.2, 0.25) is 0 Å². The first kappa shape index (κ1) is 17.9. The van der Waals surface area contributed by atoms with Crippen molar-refractivity contribution in [3.8, 4) is 11.5 Å². The molecule has 2 rings (SSSR count). The molecular formula is C17H17N3O5. The number of nitro groups is 1. The molecule has 0 saturated heterocycles. The normalized spacial score (nSPS) is 10.9. The molecular weight excluding hydrogens is 326 g/mol. The number of nitro benzene ring substituents is 1. The molecule has 130 valence electrons. The smallest absolute Gasteiger partial charge is 0.275 e. The lowest BCUT2D eigenvalue weighted by atomic mass is 10.1. The average molecular weight is 343 g/mol. The molecule has 0 aromatic heterocycles. The quantitative estimate of drug-likeness (QED) is 0.493. The second-order valence-electron chi connectivity index (χ2n) is 5.01. The van der Waals surface area contributed by atoms with E-state index in [-0.39, 0.29) is 5.69 Å². The van der Waals surface area contributed by atoms with E-state index in [4.69, 9.17) is 9.47 Å². The van der Waals surface area contributed by atoms with Gasteiger partial charge in [0.1, 0.15) is 11.5 Å². The highest BCUT2D eigenvalue weighted by atomic mass is 16.6. The molecule has 0 fully saturated rings. The standard InChI is InChI=1S/C17H17N3O5/c1-11(12-5-4-6-13(9-12)20(22)23)18-19-17(21)15-8-7-14(24-2)10-16(15)25-3/h4-10H,1-3H3,(H,19,21). The van der Waals surface area contributed by atoms with Crippen LogP contribution in [0.25, 0.3) is 0 Å². The van der Waals surface area contributed by atoms with E-state index in [0.717, 1.165) is 0 Å². The molecule has 0 bridgehead atoms. The van der Waals surface area contributed by atoms with Gasteiger partial charge in [0, 0.05) is 23.8 Å². The first-order valence-electron chi connectivity index (χ1n) is 7.27. The second-order valence-corrected chi connectivity index (χ2v) is 5.01. The Morgan fingerprint density at radius 2 is 1.92 bits per heavy atom. The topological polar surface area (TPSA) is 103 Å². The van der Waals surface area contributed by atoms with Gasteiger partial charge in [-0.15, -0.1) is 0 Å². The number of ether oxygens (including phenoxy) is 2. The Labute approximate surface area is 144 Å². The lowest BCUT2D eigenvalue weighted by molar-refractivity contribution is -0.384. The van der Waals surface area contributed by atoms with Crippen LogP contribution in [0.1, 0.15) is 22.8 Å². The fraction of sp³-hybridized carbons (Fsp3) is 0.176. The number of carbonyl (C=O) groups excluding carboxylic acids is 1. The molecule has 8 heteroatoms. The number of hydrogen-bond acceptors (Lipinski definition) is 6. The van der Waals surface area contributed by atoms with Crippen molar-refractivity contribution in [1.29, 1.82) is 0 Å². The zero-order valence-corrected chi connectivity index (χ0v) is 14.0. The van der Waals surface area contributed by atoms with Gasteiger partial charge in [-0.05, 0) is 19.1 Å². The van der Waals surface area contributed by atoms with Gasteiger partial charge in [-0.2, -0.15) is 5.10 Å². The van der Waals surface area contributed by atoms with Crippen molar-refractivity contribution in [2.75, 3.05) is 14.2 Å². The highest BCUT2D eigenvalue weighted by molar-refractivity contribution is 6.02. The Balaban J connectivity index is 2.19. The summed E-state index contributed by atoms with van der Waals surface area (Å²) in [5, 5.41) is 14.8. The maximum absolute atomic E-state index is 12.3. The molecule has 1 N–H and O–H groups in total. The number of hydrogen-bond donors (Lipinski definition) is 1. The molecule has 0 spiro atoms. The molecule has 0 aliphatic carbocycles. The first-order valence-corrected chi connectivity index (χ1v) is 7.27. The number of carbonyl (C=O) groups is 1. The minimum absolute atomic E-state index is 0.0461. The molecule has 0 unspecified atom stereocenters. The predicted molar refractivity (Wildman–Crippen MR) is 92.3 cm³/mol. The molecule has 0 atom stereocenters. The summed E-state index contributed by atoms with van der Waals surface area (Å²) in [5.74, 6) is 0.439. The van der Waals surface area contributed by atoms with Crippen LogP contribution in [0.3, 0.4) is 0 Å². The lowest BCUT2D eigenvalue weighted by Gasteiger charge is -2.09. The number of rotatable bonds is 6. The monoisotopic (exact) mass is 343 g/mol. The van der Waals surface area contributed by atoms with E-state index < -0.39 is 10.8 Å². The number of methoxy groups -OCH3 is 2. The van der Waals surface area contributed by atoms with Gasteiger partial charge < -0.3 is 9.47 Å². The Morgan fingerprint density at radius 1 is 1.16 bits per heavy atom. The van der Waals surface area contributed by atoms with Crippen molar-refractivity contribution < 1.29 is 19.2 Å². The minimum atomic E-state index is -0.489. The molecule has 1 amide bonds. The highest BCUT2D eigenvalue weighted by Gasteiger charge is 2.13. The van der Waals surface area contributed by atoms with Crippen LogP contribution in [0, 0.1) is 10.1 Å². The average Bonchev–Trinajstić information content (AvgIpc) is 2.65. The van der Waals surface area contributed by atoms with Gasteiger partial charge in [0.15, 0.2) is 0 Å². The van der Waals surface area contributed by atoms with Gasteiger partial charge in [0.05, 0.1) is 30.4 Å². The summed E-state index contributed by atoms with van der Waals surface area (Å²) < 4.78 is 10.3. The Bertz CT molecular complexity index is 833. The molecule has 0 aliphatic rings. The number of non-ortho nitro benzene ring substituents is 1. The third-order valence-corrected chi connectivity index (χ3v) is 3.45. The number of hydrazone groups is 1. The van der Waals surface area contributed by atoms with Gasteiger partial charge >= 0.3 is 0 Å². The van der Waals surface area contributed by atoms with Gasteiger partial charge in [-0.3, -0.25) is 14.9 Å². The summed E-state index contributed by atoms with van der Waals surface area (Å²) in [6.07, 6.45) is 0. The van der Waals surface area contributed by atoms with E-state index >= 15 is 0 Å². The van der Waals surface area contributed by atoms with E-state index in [1.54, 1.807) is 37.3 Å². The van der Waals surface area contributed by atoms with E-state index in [0.29, 0.717) is 28.3 Å². The molecule has 8 nitrogen and oxygen atoms in total. The van der Waals surface area contributed by atoms with Gasteiger partial charge in [0.25, 0.3) is 11.6 Å². The summed E-state index contributed by atoms with van der Waals surface area (Å²) in [4.78, 5) is 22.6. The van der Waals surface area contributed by atoms with Crippen LogP contribution in [-0.2, 0) is 0 Å². The molecule has 0 heterocycles. The summed E-state index contributed by atoms with van der Waals surface area (Å²) in [6, 6.07) is 10.8. The van der Waals surface area contributed by atoms with Crippen LogP contribution in [0.4, 0.5) is 5.69 Å². The van der Waals surface area contributed by atoms with Crippen molar-refractivity contribution in [2.24, 2.45) is 5.10 Å². The predicted octanol–water partition coefficient (Wildman–Crippen LogP) is 2.77. The number of nitrogens with zero attached hydrogens (tertiary/aromatic N) is 2. The Kier molecular flexibility index (Phi) is 5.67. The molecule has 2 aromatic carbocycles. The molecule has 0 aliphatic heterocycles. The first-order chi connectivity index (χ1) is 12.0. The van der Waals surface area contributed by atoms with Gasteiger partial charge in [-0.1, -0.05) is 12.1 Å². The van der Waals surface area contributed by atoms with Gasteiger partial charge in [-0.25, -0.2) is 5.43 Å². The third kappa shape index (κ3) is 4.31. The SMILES string of the molecule is COc1ccc(C(=O)NN=C(C)c2cccc([N+](=O)[O-])c2)c(OC)c1. The van der Waals surface area contributed by atoms with E-state index in [9.17, 15) is 14.9 Å². The number of benzene rings is 2. The Morgan fingerprint density at radius 3 is 2.56 bits per heavy atom. The Hall–Kier alpha value is -3.42. The van der Waals surface area contributed by atoms with Crippen LogP contribution in [0.2, 0.25) is 0 Å². The van der Waals surface area contributed by atoms with Crippen molar-refractivity contribution in [2.45, 2.75) is 6.92 Å². The fourth-order valence-corrected chi connectivity index (χ4v) is 2.09. The maximum atomic E-state index is 12.3. The van der Waals surface area contributed by atoms with E-state index in [2.05, 4.69) is 10.5 Å². The summed E-state index contributed by atoms with van der Waals surface area (Å²) in [5.41, 5.74) is 3.63. The van der Waals surface area contributed by atoms with Crippen molar-refractivity contribution in [3.63, 3.8) is 0 Å². The summed E-state index contributed by atoms with van der Waals surface area (Å²) in [7, 11) is 2.96. The lowest BCUT2D eigenvalue weighted by Crippen LogP contribution is -2.20. The minimum Gasteiger partial charge on any atom is -0.497 e. The highest BCUT2D eigenvalue weighted by Crippen LogP contribution is 2.24. The van der Waals surface area contributed by atoms with E-state index in [1.165, 1.54) is 26.4 Å². The fourth-order valence-electron chi connectivity index (χ4n) is 2.09. The zero-order chi connectivity index (χ0) is 18.4. The van der Waals surface area contributed by atoms with Crippen molar-refractivity contribution in [1.82, 2.24) is 5.43 Å². The van der Waals surface area contributed by atoms with E-state index in [1.807, 2.05) is 0 Å².